The van der Waals surface area contributed by atoms with Crippen LogP contribution in [0, 0.1) is 0 Å². The third kappa shape index (κ3) is 4.80. The summed E-state index contributed by atoms with van der Waals surface area (Å²) in [6.45, 7) is 4.76. The van der Waals surface area contributed by atoms with Crippen molar-refractivity contribution in [1.82, 2.24) is 10.6 Å². The molecule has 0 atom stereocenters. The number of nitrogens with one attached hydrogen (secondary N) is 2. The average molecular weight is 329 g/mol. The van der Waals surface area contributed by atoms with Crippen LogP contribution in [0.5, 0.6) is 0 Å². The minimum absolute atomic E-state index is 0.361. The zero-order valence-electron chi connectivity index (χ0n) is 12.2. The van der Waals surface area contributed by atoms with E-state index in [0.29, 0.717) is 13.2 Å². The number of fused-ring (bicyclic) bond motifs is 1. The maximum atomic E-state index is 11.2. The van der Waals surface area contributed by atoms with Crippen molar-refractivity contribution in [3.8, 4) is 0 Å². The smallest absolute Gasteiger partial charge is 0.407 e. The Hall–Kier alpha value is -0.910. The maximum absolute atomic E-state index is 11.2. The number of hydrogen-bond acceptors (Lipinski definition) is 4. The summed E-state index contributed by atoms with van der Waals surface area (Å²) in [7, 11) is 0. The number of carbonyl (C=O) groups excluding carboxylic acids is 1. The van der Waals surface area contributed by atoms with Gasteiger partial charge in [0.1, 0.15) is 0 Å². The molecular weight excluding hydrogens is 308 g/mol. The molecule has 6 heteroatoms. The van der Waals surface area contributed by atoms with Gasteiger partial charge in [0.15, 0.2) is 0 Å². The minimum atomic E-state index is -0.361. The van der Waals surface area contributed by atoms with Crippen LogP contribution in [0.25, 0.3) is 0 Å². The van der Waals surface area contributed by atoms with Crippen molar-refractivity contribution in [2.24, 2.45) is 0 Å². The van der Waals surface area contributed by atoms with Gasteiger partial charge in [-0.15, -0.1) is 11.8 Å². The lowest BCUT2D eigenvalue weighted by Crippen LogP contribution is -2.26. The highest BCUT2D eigenvalue weighted by atomic mass is 35.5. The zero-order chi connectivity index (χ0) is 15.1. The van der Waals surface area contributed by atoms with Crippen LogP contribution in [-0.4, -0.2) is 38.1 Å². The Morgan fingerprint density at radius 3 is 3.05 bits per heavy atom. The summed E-state index contributed by atoms with van der Waals surface area (Å²) in [6, 6.07) is 4.11. The van der Waals surface area contributed by atoms with E-state index in [4.69, 9.17) is 16.3 Å². The van der Waals surface area contributed by atoms with Gasteiger partial charge in [-0.2, -0.15) is 0 Å². The van der Waals surface area contributed by atoms with Crippen LogP contribution in [-0.2, 0) is 17.6 Å². The molecule has 1 aliphatic heterocycles. The van der Waals surface area contributed by atoms with Crippen molar-refractivity contribution < 1.29 is 9.53 Å². The summed E-state index contributed by atoms with van der Waals surface area (Å²) >= 11 is 8.05. The number of rotatable bonds is 5. The lowest BCUT2D eigenvalue weighted by atomic mass is 10.0. The molecule has 1 heterocycles. The second-order valence-electron chi connectivity index (χ2n) is 4.76. The molecule has 2 N–H and O–H groups in total. The van der Waals surface area contributed by atoms with Crippen molar-refractivity contribution in [1.29, 1.82) is 0 Å². The van der Waals surface area contributed by atoms with Gasteiger partial charge < -0.3 is 15.4 Å². The fraction of sp³-hybridized carbons (Fsp3) is 0.533. The highest BCUT2D eigenvalue weighted by molar-refractivity contribution is 7.99. The summed E-state index contributed by atoms with van der Waals surface area (Å²) < 4.78 is 4.83. The molecule has 1 aromatic carbocycles. The fourth-order valence-electron chi connectivity index (χ4n) is 2.35. The number of amides is 1. The second kappa shape index (κ2) is 8.51. The van der Waals surface area contributed by atoms with E-state index in [9.17, 15) is 4.79 Å². The molecule has 1 amide bonds. The molecule has 116 valence electrons. The van der Waals surface area contributed by atoms with Crippen LogP contribution in [0.1, 0.15) is 18.1 Å². The van der Waals surface area contributed by atoms with Gasteiger partial charge in [0, 0.05) is 17.2 Å². The third-order valence-electron chi connectivity index (χ3n) is 3.33. The van der Waals surface area contributed by atoms with E-state index in [1.54, 1.807) is 18.7 Å². The summed E-state index contributed by atoms with van der Waals surface area (Å²) in [5, 5.41) is 6.94. The molecule has 0 unspecified atom stereocenters. The van der Waals surface area contributed by atoms with Crippen molar-refractivity contribution in [2.45, 2.75) is 24.7 Å². The highest BCUT2D eigenvalue weighted by Gasteiger charge is 2.15. The van der Waals surface area contributed by atoms with E-state index >= 15 is 0 Å². The number of ether oxygens (including phenoxy) is 1. The number of carbonyl (C=O) groups is 1. The number of hydrogen-bond donors (Lipinski definition) is 2. The van der Waals surface area contributed by atoms with E-state index in [0.717, 1.165) is 41.6 Å². The number of thioether (sulfide) groups is 1. The van der Waals surface area contributed by atoms with Crippen molar-refractivity contribution in [2.75, 3.05) is 32.0 Å². The molecule has 0 aliphatic carbocycles. The molecule has 0 spiro atoms. The molecule has 1 aliphatic rings. The molecular formula is C15H21ClN2O2S. The van der Waals surface area contributed by atoms with Crippen LogP contribution in [0.15, 0.2) is 17.0 Å². The Labute approximate surface area is 135 Å². The second-order valence-corrected chi connectivity index (χ2v) is 6.27. The van der Waals surface area contributed by atoms with Gasteiger partial charge in [-0.05, 0) is 50.0 Å². The topological polar surface area (TPSA) is 50.4 Å². The van der Waals surface area contributed by atoms with E-state index in [1.807, 2.05) is 6.07 Å². The first-order valence-corrected chi connectivity index (χ1v) is 8.63. The fourth-order valence-corrected chi connectivity index (χ4v) is 3.72. The molecule has 21 heavy (non-hydrogen) atoms. The van der Waals surface area contributed by atoms with Gasteiger partial charge in [0.05, 0.1) is 11.6 Å². The van der Waals surface area contributed by atoms with Crippen LogP contribution in [0.3, 0.4) is 0 Å². The lowest BCUT2D eigenvalue weighted by molar-refractivity contribution is 0.153. The summed E-state index contributed by atoms with van der Waals surface area (Å²) in [5.74, 6) is 0.780. The average Bonchev–Trinajstić information content (AvgIpc) is 2.71. The first-order chi connectivity index (χ1) is 10.2. The number of benzene rings is 1. The Bertz CT molecular complexity index is 497. The van der Waals surface area contributed by atoms with Crippen LogP contribution in [0.2, 0.25) is 5.02 Å². The van der Waals surface area contributed by atoms with Crippen LogP contribution >= 0.6 is 23.4 Å². The zero-order valence-corrected chi connectivity index (χ0v) is 13.8. The predicted molar refractivity (Wildman–Crippen MR) is 87.5 cm³/mol. The third-order valence-corrected chi connectivity index (χ3v) is 4.92. The minimum Gasteiger partial charge on any atom is -0.450 e. The largest absolute Gasteiger partial charge is 0.450 e. The molecule has 0 fully saturated rings. The molecule has 1 aromatic rings. The SMILES string of the molecule is CCOC(=O)NCCSc1c(Cl)ccc2c1CCNCC2. The Kier molecular flexibility index (Phi) is 6.67. The van der Waals surface area contributed by atoms with Crippen LogP contribution < -0.4 is 10.6 Å². The van der Waals surface area contributed by atoms with E-state index in [2.05, 4.69) is 16.7 Å². The van der Waals surface area contributed by atoms with Crippen molar-refractivity contribution in [3.63, 3.8) is 0 Å². The first-order valence-electron chi connectivity index (χ1n) is 7.26. The summed E-state index contributed by atoms with van der Waals surface area (Å²) in [5.41, 5.74) is 2.74. The molecule has 0 aromatic heterocycles. The van der Waals surface area contributed by atoms with E-state index in [-0.39, 0.29) is 6.09 Å². The van der Waals surface area contributed by atoms with Gasteiger partial charge in [0.25, 0.3) is 0 Å². The summed E-state index contributed by atoms with van der Waals surface area (Å²) in [6.07, 6.45) is 1.69. The molecule has 0 saturated carbocycles. The Morgan fingerprint density at radius 2 is 2.24 bits per heavy atom. The first kappa shape index (κ1) is 16.5. The standard InChI is InChI=1S/C15H21ClN2O2S/c1-2-20-15(19)18-9-10-21-14-12-6-8-17-7-5-11(12)3-4-13(14)16/h3-4,17H,2,5-10H2,1H3,(H,18,19). The Balaban J connectivity index is 1.95. The van der Waals surface area contributed by atoms with Crippen LogP contribution in [0.4, 0.5) is 4.79 Å². The molecule has 0 saturated heterocycles. The van der Waals surface area contributed by atoms with Gasteiger partial charge in [0.2, 0.25) is 0 Å². The van der Waals surface area contributed by atoms with Gasteiger partial charge in [-0.1, -0.05) is 17.7 Å². The molecule has 4 nitrogen and oxygen atoms in total. The molecule has 0 radical (unpaired) electrons. The maximum Gasteiger partial charge on any atom is 0.407 e. The van der Waals surface area contributed by atoms with Crippen molar-refractivity contribution >= 4 is 29.5 Å². The van der Waals surface area contributed by atoms with Crippen molar-refractivity contribution in [3.05, 3.63) is 28.3 Å². The number of halogens is 1. The van der Waals surface area contributed by atoms with Gasteiger partial charge >= 0.3 is 6.09 Å². The van der Waals surface area contributed by atoms with E-state index in [1.165, 1.54) is 11.1 Å². The quantitative estimate of drug-likeness (QED) is 0.644. The summed E-state index contributed by atoms with van der Waals surface area (Å²) in [4.78, 5) is 12.4. The predicted octanol–water partition coefficient (Wildman–Crippen LogP) is 2.87. The molecule has 2 rings (SSSR count). The van der Waals surface area contributed by atoms with E-state index < -0.39 is 0 Å². The molecule has 0 bridgehead atoms. The monoisotopic (exact) mass is 328 g/mol. The number of alkyl carbamates (subject to hydrolysis) is 1. The van der Waals surface area contributed by atoms with Gasteiger partial charge in [-0.25, -0.2) is 4.79 Å². The highest BCUT2D eigenvalue weighted by Crippen LogP contribution is 2.33. The lowest BCUT2D eigenvalue weighted by Gasteiger charge is -2.14. The normalized spacial score (nSPS) is 14.2. The Morgan fingerprint density at radius 1 is 1.43 bits per heavy atom. The van der Waals surface area contributed by atoms with Gasteiger partial charge in [-0.3, -0.25) is 0 Å².